The zero-order valence-electron chi connectivity index (χ0n) is 8.36. The minimum Gasteiger partial charge on any atom is -0.354 e. The Balaban J connectivity index is 2.27. The quantitative estimate of drug-likeness (QED) is 0.633. The van der Waals surface area contributed by atoms with Gasteiger partial charge in [0.2, 0.25) is 5.91 Å². The number of hydrogen-bond acceptors (Lipinski definition) is 3. The van der Waals surface area contributed by atoms with E-state index in [0.29, 0.717) is 13.1 Å². The van der Waals surface area contributed by atoms with Gasteiger partial charge in [-0.2, -0.15) is 5.10 Å². The fourth-order valence-corrected chi connectivity index (χ4v) is 1.08. The van der Waals surface area contributed by atoms with Crippen LogP contribution in [0.3, 0.4) is 0 Å². The van der Waals surface area contributed by atoms with Crippen molar-refractivity contribution in [3.05, 3.63) is 18.0 Å². The van der Waals surface area contributed by atoms with E-state index in [-0.39, 0.29) is 12.5 Å². The fraction of sp³-hybridized carbons (Fsp3) is 0.556. The third kappa shape index (κ3) is 3.57. The standard InChI is InChI=1S/C9H16N4O/c1-8-3-6-13(12-8)7-9(14)11-5-2-4-10/h3,6H,2,4-5,7,10H2,1H3,(H,11,14). The highest BCUT2D eigenvalue weighted by Crippen LogP contribution is 1.91. The number of nitrogens with zero attached hydrogens (tertiary/aromatic N) is 2. The summed E-state index contributed by atoms with van der Waals surface area (Å²) in [7, 11) is 0. The van der Waals surface area contributed by atoms with Crippen LogP contribution in [0.2, 0.25) is 0 Å². The molecule has 1 heterocycles. The third-order valence-corrected chi connectivity index (χ3v) is 1.78. The van der Waals surface area contributed by atoms with Crippen LogP contribution in [0.25, 0.3) is 0 Å². The molecule has 0 aliphatic heterocycles. The van der Waals surface area contributed by atoms with Crippen LogP contribution < -0.4 is 11.1 Å². The lowest BCUT2D eigenvalue weighted by Crippen LogP contribution is -2.29. The van der Waals surface area contributed by atoms with Gasteiger partial charge in [-0.1, -0.05) is 0 Å². The highest BCUT2D eigenvalue weighted by atomic mass is 16.2. The average Bonchev–Trinajstić information content (AvgIpc) is 2.52. The van der Waals surface area contributed by atoms with E-state index in [2.05, 4.69) is 10.4 Å². The molecule has 1 aromatic heterocycles. The van der Waals surface area contributed by atoms with Gasteiger partial charge in [0.05, 0.1) is 5.69 Å². The molecule has 5 heteroatoms. The van der Waals surface area contributed by atoms with Gasteiger partial charge >= 0.3 is 0 Å². The molecule has 0 saturated carbocycles. The summed E-state index contributed by atoms with van der Waals surface area (Å²) in [6.07, 6.45) is 2.60. The van der Waals surface area contributed by atoms with E-state index >= 15 is 0 Å². The summed E-state index contributed by atoms with van der Waals surface area (Å²) < 4.78 is 1.62. The topological polar surface area (TPSA) is 72.9 Å². The molecule has 0 fully saturated rings. The average molecular weight is 196 g/mol. The van der Waals surface area contributed by atoms with Gasteiger partial charge in [0.15, 0.2) is 0 Å². The van der Waals surface area contributed by atoms with Crippen molar-refractivity contribution in [2.45, 2.75) is 19.9 Å². The Morgan fingerprint density at radius 3 is 3.07 bits per heavy atom. The van der Waals surface area contributed by atoms with E-state index in [1.54, 1.807) is 10.9 Å². The van der Waals surface area contributed by atoms with Crippen LogP contribution in [0.15, 0.2) is 12.3 Å². The molecular weight excluding hydrogens is 180 g/mol. The van der Waals surface area contributed by atoms with Crippen molar-refractivity contribution in [1.82, 2.24) is 15.1 Å². The number of rotatable bonds is 5. The fourth-order valence-electron chi connectivity index (χ4n) is 1.08. The van der Waals surface area contributed by atoms with Gasteiger partial charge in [-0.3, -0.25) is 9.48 Å². The molecule has 0 aromatic carbocycles. The first-order valence-corrected chi connectivity index (χ1v) is 4.69. The van der Waals surface area contributed by atoms with Crippen molar-refractivity contribution < 1.29 is 4.79 Å². The second-order valence-electron chi connectivity index (χ2n) is 3.15. The summed E-state index contributed by atoms with van der Waals surface area (Å²) in [5.41, 5.74) is 6.22. The molecule has 0 radical (unpaired) electrons. The molecule has 3 N–H and O–H groups in total. The largest absolute Gasteiger partial charge is 0.354 e. The van der Waals surface area contributed by atoms with Crippen molar-refractivity contribution in [2.75, 3.05) is 13.1 Å². The van der Waals surface area contributed by atoms with Gasteiger partial charge in [-0.15, -0.1) is 0 Å². The van der Waals surface area contributed by atoms with Gasteiger partial charge in [0.25, 0.3) is 0 Å². The van der Waals surface area contributed by atoms with E-state index in [0.717, 1.165) is 12.1 Å². The first-order chi connectivity index (χ1) is 6.72. The number of nitrogens with one attached hydrogen (secondary N) is 1. The van der Waals surface area contributed by atoms with Gasteiger partial charge in [0, 0.05) is 12.7 Å². The van der Waals surface area contributed by atoms with E-state index in [4.69, 9.17) is 5.73 Å². The molecule has 14 heavy (non-hydrogen) atoms. The predicted octanol–water partition coefficient (Wildman–Crippen LogP) is -0.343. The van der Waals surface area contributed by atoms with E-state index in [1.807, 2.05) is 13.0 Å². The second kappa shape index (κ2) is 5.39. The first kappa shape index (κ1) is 10.7. The highest BCUT2D eigenvalue weighted by molar-refractivity contribution is 5.75. The van der Waals surface area contributed by atoms with Crippen molar-refractivity contribution >= 4 is 5.91 Å². The summed E-state index contributed by atoms with van der Waals surface area (Å²) in [5.74, 6) is -0.0263. The molecular formula is C9H16N4O. The zero-order chi connectivity index (χ0) is 10.4. The Bertz CT molecular complexity index is 295. The molecule has 0 spiro atoms. The Morgan fingerprint density at radius 1 is 1.71 bits per heavy atom. The van der Waals surface area contributed by atoms with Crippen LogP contribution in [0.4, 0.5) is 0 Å². The lowest BCUT2D eigenvalue weighted by Gasteiger charge is -2.03. The van der Waals surface area contributed by atoms with Gasteiger partial charge in [-0.25, -0.2) is 0 Å². The molecule has 1 aromatic rings. The normalized spacial score (nSPS) is 10.1. The van der Waals surface area contributed by atoms with Gasteiger partial charge in [0.1, 0.15) is 6.54 Å². The van der Waals surface area contributed by atoms with Crippen molar-refractivity contribution in [2.24, 2.45) is 5.73 Å². The highest BCUT2D eigenvalue weighted by Gasteiger charge is 2.01. The maximum atomic E-state index is 11.3. The number of amides is 1. The number of aromatic nitrogens is 2. The van der Waals surface area contributed by atoms with Gasteiger partial charge in [-0.05, 0) is 26.0 Å². The molecule has 0 bridgehead atoms. The number of aryl methyl sites for hydroxylation is 1. The maximum Gasteiger partial charge on any atom is 0.241 e. The van der Waals surface area contributed by atoms with Crippen molar-refractivity contribution in [3.63, 3.8) is 0 Å². The van der Waals surface area contributed by atoms with Crippen LogP contribution in [0.1, 0.15) is 12.1 Å². The summed E-state index contributed by atoms with van der Waals surface area (Å²) in [6, 6.07) is 1.87. The predicted molar refractivity (Wildman–Crippen MR) is 53.6 cm³/mol. The molecule has 0 aliphatic rings. The summed E-state index contributed by atoms with van der Waals surface area (Å²) in [5, 5.41) is 6.87. The summed E-state index contributed by atoms with van der Waals surface area (Å²) in [4.78, 5) is 11.3. The SMILES string of the molecule is Cc1ccn(CC(=O)NCCCN)n1. The lowest BCUT2D eigenvalue weighted by molar-refractivity contribution is -0.121. The molecule has 0 unspecified atom stereocenters. The van der Waals surface area contributed by atoms with E-state index in [1.165, 1.54) is 0 Å². The summed E-state index contributed by atoms with van der Waals surface area (Å²) in [6.45, 7) is 3.40. The smallest absolute Gasteiger partial charge is 0.241 e. The molecule has 0 atom stereocenters. The Morgan fingerprint density at radius 2 is 2.50 bits per heavy atom. The Labute approximate surface area is 83.3 Å². The number of hydrogen-bond donors (Lipinski definition) is 2. The molecule has 78 valence electrons. The number of nitrogens with two attached hydrogens (primary N) is 1. The molecule has 1 amide bonds. The minimum absolute atomic E-state index is 0.0263. The van der Waals surface area contributed by atoms with Crippen LogP contribution in [-0.4, -0.2) is 28.8 Å². The molecule has 5 nitrogen and oxygen atoms in total. The van der Waals surface area contributed by atoms with Crippen molar-refractivity contribution in [1.29, 1.82) is 0 Å². The van der Waals surface area contributed by atoms with E-state index < -0.39 is 0 Å². The summed E-state index contributed by atoms with van der Waals surface area (Å²) >= 11 is 0. The van der Waals surface area contributed by atoms with Crippen LogP contribution in [0, 0.1) is 6.92 Å². The second-order valence-corrected chi connectivity index (χ2v) is 3.15. The minimum atomic E-state index is -0.0263. The van der Waals surface area contributed by atoms with Crippen LogP contribution in [0.5, 0.6) is 0 Å². The molecule has 0 aliphatic carbocycles. The van der Waals surface area contributed by atoms with Crippen LogP contribution >= 0.6 is 0 Å². The first-order valence-electron chi connectivity index (χ1n) is 4.69. The van der Waals surface area contributed by atoms with Crippen LogP contribution in [-0.2, 0) is 11.3 Å². The number of carbonyl (C=O) groups is 1. The lowest BCUT2D eigenvalue weighted by atomic mass is 10.4. The number of carbonyl (C=O) groups excluding carboxylic acids is 1. The van der Waals surface area contributed by atoms with Crippen molar-refractivity contribution in [3.8, 4) is 0 Å². The van der Waals surface area contributed by atoms with Gasteiger partial charge < -0.3 is 11.1 Å². The molecule has 0 saturated heterocycles. The Hall–Kier alpha value is -1.36. The van der Waals surface area contributed by atoms with E-state index in [9.17, 15) is 4.79 Å². The third-order valence-electron chi connectivity index (χ3n) is 1.78. The maximum absolute atomic E-state index is 11.3. The molecule has 1 rings (SSSR count). The zero-order valence-corrected chi connectivity index (χ0v) is 8.36. The monoisotopic (exact) mass is 196 g/mol. The Kier molecular flexibility index (Phi) is 4.12.